The molecule has 3 aliphatic heterocycles. The predicted molar refractivity (Wildman–Crippen MR) is 186 cm³/mol. The van der Waals surface area contributed by atoms with E-state index in [2.05, 4.69) is 45.6 Å². The molecule has 0 N–H and O–H groups in total. The lowest BCUT2D eigenvalue weighted by Crippen LogP contribution is -2.51. The van der Waals surface area contributed by atoms with Crippen molar-refractivity contribution < 1.29 is 4.79 Å². The van der Waals surface area contributed by atoms with Crippen molar-refractivity contribution in [1.29, 1.82) is 0 Å². The molecular formula is C37H57ClN6O. The number of piperazine rings is 1. The molecule has 0 spiro atoms. The Balaban J connectivity index is 0.00000325. The highest BCUT2D eigenvalue weighted by Gasteiger charge is 2.58. The van der Waals surface area contributed by atoms with Crippen LogP contribution in [0.25, 0.3) is 0 Å². The molecule has 0 unspecified atom stereocenters. The van der Waals surface area contributed by atoms with Gasteiger partial charge >= 0.3 is 0 Å². The first-order valence-electron chi connectivity index (χ1n) is 18.5. The van der Waals surface area contributed by atoms with Crippen LogP contribution in [0.4, 0.5) is 17.6 Å². The van der Waals surface area contributed by atoms with E-state index in [0.29, 0.717) is 16.6 Å². The largest absolute Gasteiger partial charge is 0.356 e. The molecule has 8 heteroatoms. The Labute approximate surface area is 278 Å². The van der Waals surface area contributed by atoms with E-state index in [-0.39, 0.29) is 12.4 Å². The summed E-state index contributed by atoms with van der Waals surface area (Å²) in [5.41, 5.74) is 2.32. The maximum absolute atomic E-state index is 12.2. The molecule has 7 nitrogen and oxygen atoms in total. The maximum Gasteiger partial charge on any atom is 0.229 e. The van der Waals surface area contributed by atoms with Crippen LogP contribution in [0, 0.1) is 34.5 Å². The fourth-order valence-electron chi connectivity index (χ4n) is 11.4. The third-order valence-corrected chi connectivity index (χ3v) is 14.2. The second-order valence-electron chi connectivity index (χ2n) is 16.2. The minimum absolute atomic E-state index is 0. The minimum atomic E-state index is 0. The number of hydrogen-bond acceptors (Lipinski definition) is 7. The van der Waals surface area contributed by atoms with E-state index < -0.39 is 0 Å². The average Bonchev–Trinajstić information content (AvgIpc) is 3.83. The summed E-state index contributed by atoms with van der Waals surface area (Å²) in [4.78, 5) is 32.6. The molecule has 6 atom stereocenters. The van der Waals surface area contributed by atoms with Gasteiger partial charge in [0, 0.05) is 64.8 Å². The normalized spacial score (nSPS) is 36.8. The van der Waals surface area contributed by atoms with Gasteiger partial charge in [0.05, 0.1) is 0 Å². The smallest absolute Gasteiger partial charge is 0.229 e. The fraction of sp³-hybridized carbons (Fsp3) is 0.811. The number of anilines is 3. The molecule has 8 rings (SSSR count). The van der Waals surface area contributed by atoms with Gasteiger partial charge in [-0.05, 0) is 124 Å². The van der Waals surface area contributed by atoms with Crippen LogP contribution in [-0.4, -0.2) is 79.6 Å². The van der Waals surface area contributed by atoms with E-state index in [1.54, 1.807) is 0 Å². The van der Waals surface area contributed by atoms with E-state index in [1.807, 2.05) is 0 Å². The van der Waals surface area contributed by atoms with Crippen LogP contribution < -0.4 is 14.7 Å². The first-order valence-corrected chi connectivity index (χ1v) is 18.5. The SMILES string of the molecule is C[C@]12CC[C@H]3[C@@H](CCC4=CC(=O)CC[C@@]43C)[C@@H]1CC[C@@H]2CCN1CCN(c2cc(N3CCCC3)nc(N3CCCC3)n2)CC1.Cl. The van der Waals surface area contributed by atoms with E-state index in [1.165, 1.54) is 82.7 Å². The molecule has 1 aromatic heterocycles. The fourth-order valence-corrected chi connectivity index (χ4v) is 11.4. The van der Waals surface area contributed by atoms with Crippen molar-refractivity contribution in [2.24, 2.45) is 34.5 Å². The van der Waals surface area contributed by atoms with E-state index in [0.717, 1.165) is 106 Å². The lowest BCUT2D eigenvalue weighted by Gasteiger charge is -2.58. The Morgan fingerprint density at radius 3 is 2.13 bits per heavy atom. The van der Waals surface area contributed by atoms with Gasteiger partial charge < -0.3 is 14.7 Å². The number of hydrogen-bond donors (Lipinski definition) is 0. The molecule has 0 aromatic carbocycles. The Hall–Kier alpha value is -1.86. The molecular weight excluding hydrogens is 580 g/mol. The molecule has 3 saturated carbocycles. The van der Waals surface area contributed by atoms with Gasteiger partial charge in [0.15, 0.2) is 5.78 Å². The molecule has 0 radical (unpaired) electrons. The maximum atomic E-state index is 12.2. The number of halogens is 1. The van der Waals surface area contributed by atoms with Gasteiger partial charge in [-0.3, -0.25) is 9.69 Å². The zero-order valence-corrected chi connectivity index (χ0v) is 28.8. The molecule has 0 bridgehead atoms. The van der Waals surface area contributed by atoms with E-state index in [4.69, 9.17) is 9.97 Å². The molecule has 0 amide bonds. The van der Waals surface area contributed by atoms with Gasteiger partial charge in [-0.1, -0.05) is 19.4 Å². The lowest BCUT2D eigenvalue weighted by atomic mass is 9.47. The summed E-state index contributed by atoms with van der Waals surface area (Å²) in [6.07, 6.45) is 18.5. The van der Waals surface area contributed by atoms with Gasteiger partial charge in [0.2, 0.25) is 5.95 Å². The van der Waals surface area contributed by atoms with Gasteiger partial charge in [-0.2, -0.15) is 9.97 Å². The third-order valence-electron chi connectivity index (χ3n) is 14.2. The van der Waals surface area contributed by atoms with Crippen LogP contribution in [0.3, 0.4) is 0 Å². The van der Waals surface area contributed by atoms with Gasteiger partial charge in [-0.25, -0.2) is 0 Å². The number of fused-ring (bicyclic) bond motifs is 5. The van der Waals surface area contributed by atoms with Crippen molar-refractivity contribution in [2.75, 3.05) is 73.6 Å². The summed E-state index contributed by atoms with van der Waals surface area (Å²) in [7, 11) is 0. The first-order chi connectivity index (χ1) is 21.4. The molecule has 7 aliphatic rings. The predicted octanol–water partition coefficient (Wildman–Crippen LogP) is 6.76. The zero-order chi connectivity index (χ0) is 29.9. The summed E-state index contributed by atoms with van der Waals surface area (Å²) in [6, 6.07) is 2.28. The van der Waals surface area contributed by atoms with E-state index in [9.17, 15) is 4.79 Å². The summed E-state index contributed by atoms with van der Waals surface area (Å²) >= 11 is 0. The summed E-state index contributed by atoms with van der Waals surface area (Å²) in [5.74, 6) is 7.08. The number of allylic oxidation sites excluding steroid dienone is 1. The van der Waals surface area contributed by atoms with Crippen molar-refractivity contribution in [1.82, 2.24) is 14.9 Å². The van der Waals surface area contributed by atoms with Crippen LogP contribution in [0.15, 0.2) is 17.7 Å². The number of carbonyl (C=O) groups is 1. The second-order valence-corrected chi connectivity index (χ2v) is 16.2. The molecule has 45 heavy (non-hydrogen) atoms. The first kappa shape index (κ1) is 31.7. The number of nitrogens with zero attached hydrogens (tertiary/aromatic N) is 6. The highest BCUT2D eigenvalue weighted by atomic mass is 35.5. The van der Waals surface area contributed by atoms with Crippen molar-refractivity contribution in [3.63, 3.8) is 0 Å². The monoisotopic (exact) mass is 636 g/mol. The highest BCUT2D eigenvalue weighted by molar-refractivity contribution is 5.91. The molecule has 4 aliphatic carbocycles. The van der Waals surface area contributed by atoms with Crippen LogP contribution in [0.1, 0.15) is 97.3 Å². The third kappa shape index (κ3) is 5.70. The number of ketones is 1. The highest BCUT2D eigenvalue weighted by Crippen LogP contribution is 2.67. The molecule has 3 saturated heterocycles. The van der Waals surface area contributed by atoms with Crippen molar-refractivity contribution in [2.45, 2.75) is 97.3 Å². The number of aromatic nitrogens is 2. The van der Waals surface area contributed by atoms with Crippen LogP contribution in [0.2, 0.25) is 0 Å². The number of carbonyl (C=O) groups excluding carboxylic acids is 1. The minimum Gasteiger partial charge on any atom is -0.356 e. The summed E-state index contributed by atoms with van der Waals surface area (Å²) < 4.78 is 0. The lowest BCUT2D eigenvalue weighted by molar-refractivity contribution is -0.117. The summed E-state index contributed by atoms with van der Waals surface area (Å²) in [6.45, 7) is 15.3. The molecule has 6 fully saturated rings. The van der Waals surface area contributed by atoms with Crippen molar-refractivity contribution in [3.8, 4) is 0 Å². The molecule has 4 heterocycles. The van der Waals surface area contributed by atoms with Gasteiger partial charge in [0.25, 0.3) is 0 Å². The Bertz CT molecular complexity index is 1230. The van der Waals surface area contributed by atoms with Crippen molar-refractivity contribution >= 4 is 35.8 Å². The topological polar surface area (TPSA) is 55.8 Å². The van der Waals surface area contributed by atoms with Crippen LogP contribution in [-0.2, 0) is 4.79 Å². The standard InChI is InChI=1S/C37H56N6O.ClH/c1-36-15-12-32-30(9-7-28-25-29(44)11-14-37(28,32)2)31(36)10-8-27(36)13-20-40-21-23-42(24-22-40)34-26-33(41-16-3-4-17-41)38-35(39-34)43-18-5-6-19-43;/h25-27,30-32H,3-24H2,1-2H3;1H/t27-,30+,31+,32+,36-,37+;/m1./s1. The summed E-state index contributed by atoms with van der Waals surface area (Å²) in [5, 5.41) is 0. The van der Waals surface area contributed by atoms with E-state index >= 15 is 0 Å². The quantitative estimate of drug-likeness (QED) is 0.342. The van der Waals surface area contributed by atoms with Crippen molar-refractivity contribution in [3.05, 3.63) is 17.7 Å². The Morgan fingerprint density at radius 1 is 0.756 bits per heavy atom. The second kappa shape index (κ2) is 12.6. The number of rotatable bonds is 6. The average molecular weight is 637 g/mol. The molecule has 1 aromatic rings. The Morgan fingerprint density at radius 2 is 1.42 bits per heavy atom. The van der Waals surface area contributed by atoms with Gasteiger partial charge in [-0.15, -0.1) is 12.4 Å². The molecule has 248 valence electrons. The van der Waals surface area contributed by atoms with Gasteiger partial charge in [0.1, 0.15) is 11.6 Å². The Kier molecular flexibility index (Phi) is 8.91. The van der Waals surface area contributed by atoms with Crippen LogP contribution in [0.5, 0.6) is 0 Å². The van der Waals surface area contributed by atoms with Crippen LogP contribution >= 0.6 is 12.4 Å². The zero-order valence-electron chi connectivity index (χ0n) is 28.0.